The summed E-state index contributed by atoms with van der Waals surface area (Å²) in [6, 6.07) is 7.83. The van der Waals surface area contributed by atoms with Gasteiger partial charge in [0, 0.05) is 22.8 Å². The van der Waals surface area contributed by atoms with E-state index < -0.39 is 50.3 Å². The van der Waals surface area contributed by atoms with Crippen molar-refractivity contribution >= 4 is 26.5 Å². The summed E-state index contributed by atoms with van der Waals surface area (Å²) in [4.78, 5) is 8.06. The van der Waals surface area contributed by atoms with Crippen LogP contribution >= 0.6 is 26.5 Å². The van der Waals surface area contributed by atoms with Gasteiger partial charge in [-0.05, 0) is 84.2 Å². The lowest BCUT2D eigenvalue weighted by molar-refractivity contribution is 0.187. The lowest BCUT2D eigenvalue weighted by atomic mass is 10.1. The van der Waals surface area contributed by atoms with Crippen molar-refractivity contribution in [3.63, 3.8) is 0 Å². The number of benzene rings is 1. The fourth-order valence-electron chi connectivity index (χ4n) is 4.75. The topological polar surface area (TPSA) is 106 Å². The Bertz CT molecular complexity index is 1440. The first-order valence-corrected chi connectivity index (χ1v) is 17.5. The Balaban J connectivity index is 1.37. The van der Waals surface area contributed by atoms with Crippen LogP contribution in [0, 0.1) is 12.7 Å². The van der Waals surface area contributed by atoms with Gasteiger partial charge in [-0.1, -0.05) is 6.07 Å². The van der Waals surface area contributed by atoms with E-state index in [0.29, 0.717) is 12.8 Å². The molecule has 0 spiro atoms. The molecule has 2 aliphatic rings. The van der Waals surface area contributed by atoms with Gasteiger partial charge in [-0.3, -0.25) is 14.1 Å². The number of pyridine rings is 1. The molecule has 0 radical (unpaired) electrons. The number of nitrogens with zero attached hydrogens (tertiary/aromatic N) is 2. The van der Waals surface area contributed by atoms with E-state index in [-0.39, 0.29) is 17.9 Å². The summed E-state index contributed by atoms with van der Waals surface area (Å²) in [6.45, 7) is 10.6. The fourth-order valence-corrected chi connectivity index (χ4v) is 11.8. The Morgan fingerprint density at radius 3 is 2.07 bits per heavy atom. The molecule has 3 aromatic rings. The maximum absolute atomic E-state index is 15.0. The fraction of sp³-hybridized carbons (Fsp3) is 0.500. The Morgan fingerprint density at radius 2 is 1.51 bits per heavy atom. The largest absolute Gasteiger partial charge is 0.490 e. The number of aromatic nitrogens is 2. The van der Waals surface area contributed by atoms with E-state index in [1.807, 2.05) is 19.1 Å². The van der Waals surface area contributed by atoms with Crippen molar-refractivity contribution in [1.29, 1.82) is 0 Å². The zero-order chi connectivity index (χ0) is 29.6. The Hall–Kier alpha value is -1.97. The summed E-state index contributed by atoms with van der Waals surface area (Å²) in [5, 5.41) is 0.920. The normalized spacial score (nSPS) is 31.3. The smallest absolute Gasteiger partial charge is 0.353 e. The predicted octanol–water partition coefficient (Wildman–Crippen LogP) is 7.87. The minimum Gasteiger partial charge on any atom is -0.490 e. The average molecular weight is 625 g/mol. The molecule has 4 unspecified atom stereocenters. The molecule has 4 atom stereocenters. The van der Waals surface area contributed by atoms with Gasteiger partial charge in [0.2, 0.25) is 0 Å². The second kappa shape index (κ2) is 11.6. The van der Waals surface area contributed by atoms with Crippen LogP contribution < -0.4 is 4.74 Å². The average Bonchev–Trinajstić information content (AvgIpc) is 3.54. The van der Waals surface area contributed by atoms with Crippen molar-refractivity contribution in [3.8, 4) is 16.3 Å². The molecule has 4 heterocycles. The molecule has 0 bridgehead atoms. The van der Waals surface area contributed by atoms with Crippen LogP contribution in [0.3, 0.4) is 0 Å². The molecule has 2 saturated heterocycles. The standard InChI is InChI=1S/C28H35FN2O7P2S/c1-17-18(2)36-39(32,35-17)28(6,40(33)37-19(3)20(4)38-40)23-9-10-24(29)26(16-23)34-15-7-8-25-21(5)41-27(31-25)22-11-13-30-14-12-22/h9-14,16-20H,7-8,15H2,1-6H3. The van der Waals surface area contributed by atoms with Gasteiger partial charge < -0.3 is 22.8 Å². The van der Waals surface area contributed by atoms with E-state index in [1.165, 1.54) is 25.1 Å². The van der Waals surface area contributed by atoms with Crippen molar-refractivity contribution in [2.75, 3.05) is 6.61 Å². The molecular formula is C28H35FN2O7P2S. The number of hydrogen-bond donors (Lipinski definition) is 0. The molecule has 5 rings (SSSR count). The number of thiazole rings is 1. The SMILES string of the molecule is Cc1sc(-c2ccncc2)nc1CCCOc1cc(C(C)(P2(=O)OC(C)C(C)O2)P2(=O)OC(C)C(C)O2)ccc1F. The third-order valence-corrected chi connectivity index (χ3v) is 15.3. The number of aryl methyl sites for hydroxylation is 2. The van der Waals surface area contributed by atoms with Crippen LogP contribution in [0.2, 0.25) is 0 Å². The van der Waals surface area contributed by atoms with E-state index in [9.17, 15) is 13.5 Å². The zero-order valence-electron chi connectivity index (χ0n) is 23.9. The molecule has 0 amide bonds. The van der Waals surface area contributed by atoms with Crippen molar-refractivity contribution in [2.24, 2.45) is 0 Å². The van der Waals surface area contributed by atoms with Crippen LogP contribution in [0.1, 0.15) is 57.2 Å². The first-order chi connectivity index (χ1) is 19.4. The summed E-state index contributed by atoms with van der Waals surface area (Å²) >= 11 is 1.61. The number of halogens is 1. The van der Waals surface area contributed by atoms with Gasteiger partial charge in [0.05, 0.1) is 36.7 Å². The van der Waals surface area contributed by atoms with E-state index in [1.54, 1.807) is 51.4 Å². The Labute approximate surface area is 243 Å². The second-order valence-corrected chi connectivity index (χ2v) is 16.8. The molecule has 2 aromatic heterocycles. The predicted molar refractivity (Wildman–Crippen MR) is 155 cm³/mol. The van der Waals surface area contributed by atoms with Crippen molar-refractivity contribution in [2.45, 2.75) is 83.7 Å². The summed E-state index contributed by atoms with van der Waals surface area (Å²) in [5.41, 5.74) is 2.19. The molecular weight excluding hydrogens is 589 g/mol. The number of rotatable bonds is 9. The number of ether oxygens (including phenoxy) is 1. The van der Waals surface area contributed by atoms with Crippen molar-refractivity contribution in [3.05, 3.63) is 64.7 Å². The van der Waals surface area contributed by atoms with Crippen LogP contribution in [0.5, 0.6) is 5.75 Å². The highest BCUT2D eigenvalue weighted by Gasteiger charge is 2.69. The third kappa shape index (κ3) is 5.58. The van der Waals surface area contributed by atoms with Gasteiger partial charge in [0.15, 0.2) is 16.5 Å². The van der Waals surface area contributed by atoms with E-state index >= 15 is 0 Å². The molecule has 2 fully saturated rings. The van der Waals surface area contributed by atoms with E-state index in [2.05, 4.69) is 4.98 Å². The highest BCUT2D eigenvalue weighted by atomic mass is 32.1. The molecule has 1 aromatic carbocycles. The van der Waals surface area contributed by atoms with Gasteiger partial charge in [-0.15, -0.1) is 11.3 Å². The van der Waals surface area contributed by atoms with Crippen LogP contribution in [0.15, 0.2) is 42.7 Å². The molecule has 2 aliphatic heterocycles. The van der Waals surface area contributed by atoms with E-state index in [4.69, 9.17) is 27.8 Å². The van der Waals surface area contributed by atoms with Crippen molar-refractivity contribution in [1.82, 2.24) is 9.97 Å². The Morgan fingerprint density at radius 1 is 0.951 bits per heavy atom. The van der Waals surface area contributed by atoms with Crippen LogP contribution in [0.4, 0.5) is 4.39 Å². The summed E-state index contributed by atoms with van der Waals surface area (Å²) < 4.78 is 72.8. The second-order valence-electron chi connectivity index (χ2n) is 10.6. The van der Waals surface area contributed by atoms with E-state index in [0.717, 1.165) is 21.1 Å². The van der Waals surface area contributed by atoms with Crippen LogP contribution in [-0.2, 0) is 38.5 Å². The zero-order valence-corrected chi connectivity index (χ0v) is 26.5. The first kappa shape index (κ1) is 30.5. The minimum atomic E-state index is -4.13. The van der Waals surface area contributed by atoms with Gasteiger partial charge in [0.1, 0.15) is 5.01 Å². The summed E-state index contributed by atoms with van der Waals surface area (Å²) in [6.07, 6.45) is 2.62. The quantitative estimate of drug-likeness (QED) is 0.174. The lowest BCUT2D eigenvalue weighted by Gasteiger charge is -2.36. The maximum atomic E-state index is 15.0. The highest BCUT2D eigenvalue weighted by Crippen LogP contribution is 2.86. The molecule has 0 N–H and O–H groups in total. The third-order valence-electron chi connectivity index (χ3n) is 7.72. The molecule has 9 nitrogen and oxygen atoms in total. The Kier molecular flexibility index (Phi) is 8.63. The summed E-state index contributed by atoms with van der Waals surface area (Å²) in [5.74, 6) is -0.678. The molecule has 41 heavy (non-hydrogen) atoms. The van der Waals surface area contributed by atoms with Crippen LogP contribution in [0.25, 0.3) is 10.6 Å². The first-order valence-electron chi connectivity index (χ1n) is 13.6. The lowest BCUT2D eigenvalue weighted by Crippen LogP contribution is -2.24. The molecule has 0 aliphatic carbocycles. The van der Waals surface area contributed by atoms with Crippen LogP contribution in [-0.4, -0.2) is 41.0 Å². The summed E-state index contributed by atoms with van der Waals surface area (Å²) in [7, 11) is -8.26. The molecule has 0 saturated carbocycles. The molecule has 13 heteroatoms. The van der Waals surface area contributed by atoms with Gasteiger partial charge in [-0.2, -0.15) is 0 Å². The van der Waals surface area contributed by atoms with Crippen molar-refractivity contribution < 1.29 is 36.4 Å². The van der Waals surface area contributed by atoms with Gasteiger partial charge >= 0.3 is 15.2 Å². The maximum Gasteiger partial charge on any atom is 0.353 e. The highest BCUT2D eigenvalue weighted by molar-refractivity contribution is 7.73. The van der Waals surface area contributed by atoms with Gasteiger partial charge in [0.25, 0.3) is 0 Å². The number of hydrogen-bond acceptors (Lipinski definition) is 10. The minimum absolute atomic E-state index is 0.0695. The van der Waals surface area contributed by atoms with Gasteiger partial charge in [-0.25, -0.2) is 9.37 Å². The monoisotopic (exact) mass is 624 g/mol. The molecule has 222 valence electrons.